The summed E-state index contributed by atoms with van der Waals surface area (Å²) in [6.45, 7) is 2.60. The summed E-state index contributed by atoms with van der Waals surface area (Å²) in [7, 11) is -3.18. The van der Waals surface area contributed by atoms with E-state index in [9.17, 15) is 13.2 Å². The Morgan fingerprint density at radius 3 is 2.55 bits per heavy atom. The number of aryl methyl sites for hydroxylation is 1. The first-order valence-electron chi connectivity index (χ1n) is 7.08. The van der Waals surface area contributed by atoms with Crippen LogP contribution in [0.5, 0.6) is 0 Å². The van der Waals surface area contributed by atoms with Crippen molar-refractivity contribution in [3.63, 3.8) is 0 Å². The molecule has 0 bridgehead atoms. The van der Waals surface area contributed by atoms with Crippen molar-refractivity contribution in [3.05, 3.63) is 29.3 Å². The van der Waals surface area contributed by atoms with E-state index in [0.29, 0.717) is 37.2 Å². The molecule has 0 radical (unpaired) electrons. The van der Waals surface area contributed by atoms with Gasteiger partial charge in [-0.1, -0.05) is 6.07 Å². The van der Waals surface area contributed by atoms with E-state index < -0.39 is 10.0 Å². The highest BCUT2D eigenvalue weighted by Gasteiger charge is 2.29. The summed E-state index contributed by atoms with van der Waals surface area (Å²) < 4.78 is 24.3. The second kappa shape index (κ2) is 6.46. The quantitative estimate of drug-likeness (QED) is 0.913. The molecule has 1 fully saturated rings. The van der Waals surface area contributed by atoms with Crippen molar-refractivity contribution >= 4 is 21.6 Å². The number of sulfonamides is 1. The largest absolute Gasteiger partial charge is 0.326 e. The highest BCUT2D eigenvalue weighted by molar-refractivity contribution is 7.88. The molecule has 1 heterocycles. The number of carbonyl (C=O) groups is 1. The summed E-state index contributed by atoms with van der Waals surface area (Å²) in [6.07, 6.45) is 2.20. The number of piperidine rings is 1. The maximum absolute atomic E-state index is 12.3. The maximum atomic E-state index is 12.3. The van der Waals surface area contributed by atoms with Crippen LogP contribution in [0.3, 0.4) is 0 Å². The summed E-state index contributed by atoms with van der Waals surface area (Å²) in [4.78, 5) is 12.3. The van der Waals surface area contributed by atoms with Crippen molar-refractivity contribution in [1.82, 2.24) is 4.31 Å². The molecule has 1 aromatic rings. The van der Waals surface area contributed by atoms with E-state index >= 15 is 0 Å². The molecule has 118 valence electrons. The average molecular weight is 321 g/mol. The van der Waals surface area contributed by atoms with Crippen LogP contribution in [0.1, 0.15) is 24.0 Å². The molecule has 1 N–H and O–H groups in total. The number of benzene rings is 1. The fraction of sp³-hybridized carbons (Fsp3) is 0.467. The van der Waals surface area contributed by atoms with Gasteiger partial charge in [0.15, 0.2) is 0 Å². The number of rotatable bonds is 3. The molecule has 0 atom stereocenters. The number of nitrogens with one attached hydrogen (secondary N) is 1. The third-order valence-corrected chi connectivity index (χ3v) is 5.22. The molecule has 1 amide bonds. The van der Waals surface area contributed by atoms with E-state index in [-0.39, 0.29) is 11.8 Å². The lowest BCUT2D eigenvalue weighted by molar-refractivity contribution is -0.120. The first kappa shape index (κ1) is 16.5. The van der Waals surface area contributed by atoms with Crippen LogP contribution in [0.2, 0.25) is 0 Å². The second-order valence-electron chi connectivity index (χ2n) is 5.57. The molecular formula is C15H19N3O3S. The standard InChI is InChI=1S/C15H19N3O3S/c1-11-3-4-12(10-16)9-14(11)17-15(19)13-5-7-18(8-6-13)22(2,20)21/h3-4,9,13H,5-8H2,1-2H3,(H,17,19). The highest BCUT2D eigenvalue weighted by atomic mass is 32.2. The molecule has 1 saturated heterocycles. The average Bonchev–Trinajstić information content (AvgIpc) is 2.48. The monoisotopic (exact) mass is 321 g/mol. The molecule has 1 aliphatic heterocycles. The smallest absolute Gasteiger partial charge is 0.227 e. The molecule has 1 aliphatic rings. The van der Waals surface area contributed by atoms with Gasteiger partial charge >= 0.3 is 0 Å². The normalized spacial score (nSPS) is 17.0. The van der Waals surface area contributed by atoms with E-state index in [4.69, 9.17) is 5.26 Å². The van der Waals surface area contributed by atoms with Crippen LogP contribution < -0.4 is 5.32 Å². The van der Waals surface area contributed by atoms with Crippen LogP contribution in [-0.2, 0) is 14.8 Å². The van der Waals surface area contributed by atoms with Crippen molar-refractivity contribution in [3.8, 4) is 6.07 Å². The highest BCUT2D eigenvalue weighted by Crippen LogP contribution is 2.23. The van der Waals surface area contributed by atoms with Crippen LogP contribution in [0, 0.1) is 24.2 Å². The molecule has 2 rings (SSSR count). The van der Waals surface area contributed by atoms with Gasteiger partial charge in [-0.3, -0.25) is 4.79 Å². The van der Waals surface area contributed by atoms with Crippen LogP contribution in [0.15, 0.2) is 18.2 Å². The molecule has 0 spiro atoms. The van der Waals surface area contributed by atoms with Crippen LogP contribution in [-0.4, -0.2) is 38.0 Å². The Hall–Kier alpha value is -1.91. The molecular weight excluding hydrogens is 302 g/mol. The SMILES string of the molecule is Cc1ccc(C#N)cc1NC(=O)C1CCN(S(C)(=O)=O)CC1. The zero-order valence-corrected chi connectivity index (χ0v) is 13.5. The van der Waals surface area contributed by atoms with Crippen molar-refractivity contribution in [2.75, 3.05) is 24.7 Å². The summed E-state index contributed by atoms with van der Waals surface area (Å²) in [5, 5.41) is 11.8. The molecule has 0 saturated carbocycles. The molecule has 0 aliphatic carbocycles. The zero-order valence-electron chi connectivity index (χ0n) is 12.7. The van der Waals surface area contributed by atoms with Gasteiger partial charge in [0, 0.05) is 24.7 Å². The molecule has 0 unspecified atom stereocenters. The van der Waals surface area contributed by atoms with Gasteiger partial charge in [-0.15, -0.1) is 0 Å². The Morgan fingerprint density at radius 1 is 1.36 bits per heavy atom. The number of hydrogen-bond donors (Lipinski definition) is 1. The van der Waals surface area contributed by atoms with Crippen molar-refractivity contribution in [2.45, 2.75) is 19.8 Å². The Balaban J connectivity index is 2.01. The summed E-state index contributed by atoms with van der Waals surface area (Å²) in [5.41, 5.74) is 2.02. The number of nitrogens with zero attached hydrogens (tertiary/aromatic N) is 2. The van der Waals surface area contributed by atoms with Gasteiger partial charge in [-0.2, -0.15) is 5.26 Å². The van der Waals surface area contributed by atoms with Crippen molar-refractivity contribution < 1.29 is 13.2 Å². The first-order chi connectivity index (χ1) is 10.3. The second-order valence-corrected chi connectivity index (χ2v) is 7.55. The Labute approximate surface area is 130 Å². The first-order valence-corrected chi connectivity index (χ1v) is 8.93. The lowest BCUT2D eigenvalue weighted by atomic mass is 9.97. The van der Waals surface area contributed by atoms with Gasteiger partial charge in [0.2, 0.25) is 15.9 Å². The molecule has 6 nitrogen and oxygen atoms in total. The van der Waals surface area contributed by atoms with Gasteiger partial charge < -0.3 is 5.32 Å². The van der Waals surface area contributed by atoms with Gasteiger partial charge in [-0.05, 0) is 37.5 Å². The lowest BCUT2D eigenvalue weighted by Crippen LogP contribution is -2.40. The van der Waals surface area contributed by atoms with Crippen molar-refractivity contribution in [1.29, 1.82) is 5.26 Å². The number of hydrogen-bond acceptors (Lipinski definition) is 4. The van der Waals surface area contributed by atoms with Gasteiger partial charge in [0.25, 0.3) is 0 Å². The fourth-order valence-electron chi connectivity index (χ4n) is 2.51. The Bertz CT molecular complexity index is 714. The van der Waals surface area contributed by atoms with Crippen LogP contribution in [0.4, 0.5) is 5.69 Å². The minimum Gasteiger partial charge on any atom is -0.326 e. The Morgan fingerprint density at radius 2 is 2.00 bits per heavy atom. The topological polar surface area (TPSA) is 90.3 Å². The predicted octanol–water partition coefficient (Wildman–Crippen LogP) is 1.48. The summed E-state index contributed by atoms with van der Waals surface area (Å²) in [6, 6.07) is 7.19. The molecule has 1 aromatic carbocycles. The minimum absolute atomic E-state index is 0.119. The number of amides is 1. The fourth-order valence-corrected chi connectivity index (χ4v) is 3.38. The zero-order chi connectivity index (χ0) is 16.3. The van der Waals surface area contributed by atoms with Gasteiger partial charge in [0.05, 0.1) is 17.9 Å². The van der Waals surface area contributed by atoms with Crippen LogP contribution in [0.25, 0.3) is 0 Å². The van der Waals surface area contributed by atoms with Crippen LogP contribution >= 0.6 is 0 Å². The molecule has 7 heteroatoms. The minimum atomic E-state index is -3.18. The molecule has 0 aromatic heterocycles. The lowest BCUT2D eigenvalue weighted by Gasteiger charge is -2.29. The maximum Gasteiger partial charge on any atom is 0.227 e. The van der Waals surface area contributed by atoms with Gasteiger partial charge in [0.1, 0.15) is 0 Å². The van der Waals surface area contributed by atoms with E-state index in [1.54, 1.807) is 18.2 Å². The third-order valence-electron chi connectivity index (χ3n) is 3.92. The van der Waals surface area contributed by atoms with Crippen molar-refractivity contribution in [2.24, 2.45) is 5.92 Å². The van der Waals surface area contributed by atoms with E-state index in [1.165, 1.54) is 10.6 Å². The summed E-state index contributed by atoms with van der Waals surface area (Å²) >= 11 is 0. The summed E-state index contributed by atoms with van der Waals surface area (Å²) in [5.74, 6) is -0.325. The third kappa shape index (κ3) is 3.84. The number of nitriles is 1. The van der Waals surface area contributed by atoms with Gasteiger partial charge in [-0.25, -0.2) is 12.7 Å². The predicted molar refractivity (Wildman–Crippen MR) is 83.7 cm³/mol. The number of anilines is 1. The van der Waals surface area contributed by atoms with E-state index in [1.807, 2.05) is 13.0 Å². The number of carbonyl (C=O) groups excluding carboxylic acids is 1. The van der Waals surface area contributed by atoms with E-state index in [2.05, 4.69) is 5.32 Å². The molecule has 22 heavy (non-hydrogen) atoms. The van der Waals surface area contributed by atoms with E-state index in [0.717, 1.165) is 5.56 Å². The Kier molecular flexibility index (Phi) is 4.84.